The van der Waals surface area contributed by atoms with Gasteiger partial charge in [-0.2, -0.15) is 0 Å². The summed E-state index contributed by atoms with van der Waals surface area (Å²) in [4.78, 5) is 11.2. The summed E-state index contributed by atoms with van der Waals surface area (Å²) in [7, 11) is 0. The van der Waals surface area contributed by atoms with Gasteiger partial charge in [-0.25, -0.2) is 0 Å². The minimum atomic E-state index is 0.680. The highest BCUT2D eigenvalue weighted by molar-refractivity contribution is 7.81. The van der Waals surface area contributed by atoms with Crippen LogP contribution >= 0.6 is 12.2 Å². The van der Waals surface area contributed by atoms with Crippen molar-refractivity contribution in [3.8, 4) is 0 Å². The molecule has 0 fully saturated rings. The Balaban J connectivity index is 2.88. The molecular formula is C9H10OS. The van der Waals surface area contributed by atoms with Crippen molar-refractivity contribution in [2.45, 2.75) is 19.8 Å². The molecule has 0 spiro atoms. The van der Waals surface area contributed by atoms with Crippen LogP contribution in [0.5, 0.6) is 0 Å². The van der Waals surface area contributed by atoms with Gasteiger partial charge in [-0.1, -0.05) is 30.8 Å². The van der Waals surface area contributed by atoms with Crippen LogP contribution in [0.4, 0.5) is 0 Å². The van der Waals surface area contributed by atoms with Crippen molar-refractivity contribution in [3.63, 3.8) is 0 Å². The van der Waals surface area contributed by atoms with E-state index in [2.05, 4.69) is 13.0 Å². The highest BCUT2D eigenvalue weighted by atomic mass is 32.1. The largest absolute Gasteiger partial charge is 0.298 e. The first kappa shape index (κ1) is 8.34. The molecular weight excluding hydrogens is 156 g/mol. The lowest BCUT2D eigenvalue weighted by Crippen LogP contribution is -2.04. The summed E-state index contributed by atoms with van der Waals surface area (Å²) in [5.41, 5.74) is 1.89. The van der Waals surface area contributed by atoms with Crippen LogP contribution in [0, 0.1) is 0 Å². The van der Waals surface area contributed by atoms with Crippen LogP contribution in [0.2, 0.25) is 0 Å². The molecule has 2 heteroatoms. The van der Waals surface area contributed by atoms with Gasteiger partial charge in [0.1, 0.15) is 0 Å². The van der Waals surface area contributed by atoms with Gasteiger partial charge >= 0.3 is 0 Å². The predicted molar refractivity (Wildman–Crippen MR) is 49.7 cm³/mol. The van der Waals surface area contributed by atoms with Gasteiger partial charge in [0.15, 0.2) is 6.29 Å². The minimum absolute atomic E-state index is 0.680. The van der Waals surface area contributed by atoms with E-state index >= 15 is 0 Å². The maximum Gasteiger partial charge on any atom is 0.151 e. The molecule has 0 N–H and O–H groups in total. The second-order valence-electron chi connectivity index (χ2n) is 2.48. The average Bonchev–Trinajstić information content (AvgIpc) is 2.05. The Morgan fingerprint density at radius 1 is 1.73 bits per heavy atom. The van der Waals surface area contributed by atoms with E-state index in [1.54, 1.807) is 0 Å². The molecule has 0 atom stereocenters. The highest BCUT2D eigenvalue weighted by Gasteiger charge is 2.07. The SMILES string of the molecule is CCC1=CCC(=S)C(C=O)=C1. The lowest BCUT2D eigenvalue weighted by Gasteiger charge is -2.08. The Bertz CT molecular complexity index is 248. The first-order valence-corrected chi connectivity index (χ1v) is 4.08. The van der Waals surface area contributed by atoms with Crippen LogP contribution in [0.25, 0.3) is 0 Å². The van der Waals surface area contributed by atoms with Crippen molar-refractivity contribution in [1.82, 2.24) is 0 Å². The summed E-state index contributed by atoms with van der Waals surface area (Å²) in [5, 5.41) is 0. The number of carbonyl (C=O) groups is 1. The van der Waals surface area contributed by atoms with Gasteiger partial charge in [-0.05, 0) is 12.5 Å². The number of thiocarbonyl (C=S) groups is 1. The third kappa shape index (κ3) is 1.84. The third-order valence-electron chi connectivity index (χ3n) is 1.75. The zero-order valence-electron chi connectivity index (χ0n) is 6.46. The molecule has 0 unspecified atom stereocenters. The van der Waals surface area contributed by atoms with E-state index in [1.165, 1.54) is 5.57 Å². The normalized spacial score (nSPS) is 17.4. The molecule has 0 aromatic rings. The van der Waals surface area contributed by atoms with Crippen molar-refractivity contribution in [2.75, 3.05) is 0 Å². The fraction of sp³-hybridized carbons (Fsp3) is 0.333. The molecule has 58 valence electrons. The maximum atomic E-state index is 10.4. The van der Waals surface area contributed by atoms with Crippen LogP contribution in [0.15, 0.2) is 23.3 Å². The smallest absolute Gasteiger partial charge is 0.151 e. The molecule has 0 bridgehead atoms. The fourth-order valence-electron chi connectivity index (χ4n) is 1.03. The van der Waals surface area contributed by atoms with Gasteiger partial charge in [-0.3, -0.25) is 4.79 Å². The van der Waals surface area contributed by atoms with Gasteiger partial charge in [0.25, 0.3) is 0 Å². The van der Waals surface area contributed by atoms with E-state index in [9.17, 15) is 4.79 Å². The lowest BCUT2D eigenvalue weighted by atomic mass is 9.99. The fourth-order valence-corrected chi connectivity index (χ4v) is 1.22. The molecule has 0 saturated heterocycles. The minimum Gasteiger partial charge on any atom is -0.298 e. The molecule has 0 heterocycles. The molecule has 1 aliphatic carbocycles. The predicted octanol–water partition coefficient (Wildman–Crippen LogP) is 2.22. The molecule has 0 radical (unpaired) electrons. The zero-order chi connectivity index (χ0) is 8.27. The zero-order valence-corrected chi connectivity index (χ0v) is 7.28. The molecule has 0 amide bonds. The summed E-state index contributed by atoms with van der Waals surface area (Å²) in [6.07, 6.45) is 6.52. The topological polar surface area (TPSA) is 17.1 Å². The van der Waals surface area contributed by atoms with Crippen molar-refractivity contribution in [3.05, 3.63) is 23.3 Å². The monoisotopic (exact) mass is 166 g/mol. The van der Waals surface area contributed by atoms with Gasteiger partial charge < -0.3 is 0 Å². The number of aldehydes is 1. The van der Waals surface area contributed by atoms with E-state index in [1.807, 2.05) is 6.08 Å². The number of hydrogen-bond acceptors (Lipinski definition) is 2. The second kappa shape index (κ2) is 3.58. The summed E-state index contributed by atoms with van der Waals surface area (Å²) < 4.78 is 0. The van der Waals surface area contributed by atoms with Crippen LogP contribution in [0.3, 0.4) is 0 Å². The Hall–Kier alpha value is -0.760. The summed E-state index contributed by atoms with van der Waals surface area (Å²) >= 11 is 4.98. The van der Waals surface area contributed by atoms with Gasteiger partial charge in [-0.15, -0.1) is 0 Å². The Labute approximate surface area is 71.8 Å². The van der Waals surface area contributed by atoms with Gasteiger partial charge in [0, 0.05) is 16.9 Å². The average molecular weight is 166 g/mol. The first-order chi connectivity index (χ1) is 5.27. The van der Waals surface area contributed by atoms with Crippen LogP contribution in [-0.4, -0.2) is 11.2 Å². The lowest BCUT2D eigenvalue weighted by molar-refractivity contribution is -0.104. The summed E-state index contributed by atoms with van der Waals surface area (Å²) in [6.45, 7) is 2.07. The van der Waals surface area contributed by atoms with Gasteiger partial charge in [0.05, 0.1) is 0 Å². The maximum absolute atomic E-state index is 10.4. The number of carbonyl (C=O) groups excluding carboxylic acids is 1. The molecule has 11 heavy (non-hydrogen) atoms. The Morgan fingerprint density at radius 2 is 2.45 bits per heavy atom. The van der Waals surface area contributed by atoms with E-state index in [0.29, 0.717) is 5.57 Å². The van der Waals surface area contributed by atoms with Crippen LogP contribution < -0.4 is 0 Å². The summed E-state index contributed by atoms with van der Waals surface area (Å²) in [6, 6.07) is 0. The first-order valence-electron chi connectivity index (χ1n) is 3.67. The Morgan fingerprint density at radius 3 is 3.00 bits per heavy atom. The Kier molecular flexibility index (Phi) is 2.71. The third-order valence-corrected chi connectivity index (χ3v) is 2.15. The molecule has 1 aliphatic rings. The number of hydrogen-bond donors (Lipinski definition) is 0. The molecule has 0 aliphatic heterocycles. The van der Waals surface area contributed by atoms with Crippen molar-refractivity contribution in [1.29, 1.82) is 0 Å². The molecule has 1 rings (SSSR count). The van der Waals surface area contributed by atoms with Crippen molar-refractivity contribution < 1.29 is 4.79 Å². The molecule has 1 nitrogen and oxygen atoms in total. The number of allylic oxidation sites excluding steroid dienone is 4. The molecule has 0 aromatic heterocycles. The highest BCUT2D eigenvalue weighted by Crippen LogP contribution is 2.16. The standard InChI is InChI=1S/C9H10OS/c1-2-7-3-4-9(11)8(5-7)6-10/h3,5-6H,2,4H2,1H3. The summed E-state index contributed by atoms with van der Waals surface area (Å²) in [5.74, 6) is 0. The van der Waals surface area contributed by atoms with Crippen molar-refractivity contribution in [2.24, 2.45) is 0 Å². The van der Waals surface area contributed by atoms with E-state index < -0.39 is 0 Å². The van der Waals surface area contributed by atoms with E-state index in [-0.39, 0.29) is 0 Å². The molecule has 0 aromatic carbocycles. The van der Waals surface area contributed by atoms with E-state index in [4.69, 9.17) is 12.2 Å². The van der Waals surface area contributed by atoms with Crippen LogP contribution in [-0.2, 0) is 4.79 Å². The number of rotatable bonds is 2. The van der Waals surface area contributed by atoms with Crippen LogP contribution in [0.1, 0.15) is 19.8 Å². The van der Waals surface area contributed by atoms with Gasteiger partial charge in [0.2, 0.25) is 0 Å². The second-order valence-corrected chi connectivity index (χ2v) is 2.97. The molecule has 0 saturated carbocycles. The van der Waals surface area contributed by atoms with Crippen molar-refractivity contribution >= 4 is 23.4 Å². The quantitative estimate of drug-likeness (QED) is 0.462. The van der Waals surface area contributed by atoms with E-state index in [0.717, 1.165) is 24.0 Å².